The molecule has 3 N–H and O–H groups in total. The number of hydrogen-bond acceptors (Lipinski definition) is 4. The van der Waals surface area contributed by atoms with Gasteiger partial charge in [0.05, 0.1) is 25.5 Å². The summed E-state index contributed by atoms with van der Waals surface area (Å²) in [6.07, 6.45) is 0. The molecule has 0 saturated heterocycles. The molecule has 2 aromatic rings. The van der Waals surface area contributed by atoms with Crippen LogP contribution in [0.25, 0.3) is 0 Å². The number of carboxylic acids is 1. The third-order valence-corrected chi connectivity index (χ3v) is 3.59. The predicted octanol–water partition coefficient (Wildman–Crippen LogP) is 3.52. The second-order valence-electron chi connectivity index (χ2n) is 4.98. The maximum absolute atomic E-state index is 11.1. The smallest absolute Gasteiger partial charge is 0.335 e. The number of anilines is 2. The first kappa shape index (κ1) is 17.6. The zero-order valence-corrected chi connectivity index (χ0v) is 14.4. The van der Waals surface area contributed by atoms with Crippen LogP contribution in [0.1, 0.15) is 15.9 Å². The van der Waals surface area contributed by atoms with Crippen LogP contribution in [0.2, 0.25) is 0 Å². The van der Waals surface area contributed by atoms with Crippen molar-refractivity contribution in [1.82, 2.24) is 0 Å². The van der Waals surface area contributed by atoms with Crippen LogP contribution in [-0.4, -0.2) is 30.4 Å². The molecule has 0 aromatic heterocycles. The largest absolute Gasteiger partial charge is 0.497 e. The Labute approximate surface area is 145 Å². The SMILES string of the molecule is COc1ccc(OC)c(NC(=S)Nc2cc(C(=O)O)ccc2C)c1. The second-order valence-corrected chi connectivity index (χ2v) is 5.39. The Hall–Kier alpha value is -2.80. The van der Waals surface area contributed by atoms with Crippen molar-refractivity contribution in [2.24, 2.45) is 0 Å². The lowest BCUT2D eigenvalue weighted by Gasteiger charge is -2.16. The zero-order chi connectivity index (χ0) is 17.7. The van der Waals surface area contributed by atoms with E-state index in [1.54, 1.807) is 44.6 Å². The van der Waals surface area contributed by atoms with Crippen molar-refractivity contribution >= 4 is 34.7 Å². The second kappa shape index (κ2) is 7.65. The van der Waals surface area contributed by atoms with Gasteiger partial charge in [0.2, 0.25) is 0 Å². The summed E-state index contributed by atoms with van der Waals surface area (Å²) in [5.41, 5.74) is 2.32. The monoisotopic (exact) mass is 346 g/mol. The van der Waals surface area contributed by atoms with Gasteiger partial charge in [-0.1, -0.05) is 6.07 Å². The molecule has 6 nitrogen and oxygen atoms in total. The Bertz CT molecular complexity index is 777. The minimum atomic E-state index is -0.994. The maximum Gasteiger partial charge on any atom is 0.335 e. The lowest BCUT2D eigenvalue weighted by atomic mass is 10.1. The summed E-state index contributed by atoms with van der Waals surface area (Å²) in [6.45, 7) is 1.86. The van der Waals surface area contributed by atoms with E-state index in [0.29, 0.717) is 28.0 Å². The molecule has 2 aromatic carbocycles. The number of thiocarbonyl (C=S) groups is 1. The molecule has 0 spiro atoms. The van der Waals surface area contributed by atoms with Gasteiger partial charge in [-0.05, 0) is 49.0 Å². The number of nitrogens with one attached hydrogen (secondary N) is 2. The summed E-state index contributed by atoms with van der Waals surface area (Å²) < 4.78 is 10.5. The summed E-state index contributed by atoms with van der Waals surface area (Å²) in [4.78, 5) is 11.1. The highest BCUT2D eigenvalue weighted by Crippen LogP contribution is 2.29. The van der Waals surface area contributed by atoms with Gasteiger partial charge in [-0.2, -0.15) is 0 Å². The van der Waals surface area contributed by atoms with Gasteiger partial charge in [0, 0.05) is 11.8 Å². The quantitative estimate of drug-likeness (QED) is 0.715. The molecule has 0 aliphatic carbocycles. The van der Waals surface area contributed by atoms with Crippen LogP contribution in [0.3, 0.4) is 0 Å². The predicted molar refractivity (Wildman–Crippen MR) is 97.5 cm³/mol. The van der Waals surface area contributed by atoms with Crippen molar-refractivity contribution < 1.29 is 19.4 Å². The summed E-state index contributed by atoms with van der Waals surface area (Å²) in [5, 5.41) is 15.4. The Kier molecular flexibility index (Phi) is 5.59. The Morgan fingerprint density at radius 1 is 1.04 bits per heavy atom. The van der Waals surface area contributed by atoms with E-state index in [-0.39, 0.29) is 5.56 Å². The van der Waals surface area contributed by atoms with E-state index < -0.39 is 5.97 Å². The normalized spacial score (nSPS) is 9.96. The van der Waals surface area contributed by atoms with Gasteiger partial charge in [-0.3, -0.25) is 0 Å². The molecule has 0 heterocycles. The van der Waals surface area contributed by atoms with Crippen molar-refractivity contribution in [3.63, 3.8) is 0 Å². The number of methoxy groups -OCH3 is 2. The first-order valence-corrected chi connectivity index (χ1v) is 7.49. The van der Waals surface area contributed by atoms with Crippen molar-refractivity contribution in [1.29, 1.82) is 0 Å². The van der Waals surface area contributed by atoms with Crippen LogP contribution in [0.15, 0.2) is 36.4 Å². The van der Waals surface area contributed by atoms with E-state index in [4.69, 9.17) is 26.8 Å². The molecule has 24 heavy (non-hydrogen) atoms. The van der Waals surface area contributed by atoms with E-state index in [2.05, 4.69) is 10.6 Å². The fourth-order valence-electron chi connectivity index (χ4n) is 2.08. The molecule has 7 heteroatoms. The van der Waals surface area contributed by atoms with Gasteiger partial charge >= 0.3 is 5.97 Å². The number of benzene rings is 2. The van der Waals surface area contributed by atoms with Gasteiger partial charge < -0.3 is 25.2 Å². The highest BCUT2D eigenvalue weighted by Gasteiger charge is 2.10. The molecule has 0 unspecified atom stereocenters. The number of aryl methyl sites for hydroxylation is 1. The van der Waals surface area contributed by atoms with Gasteiger partial charge in [0.1, 0.15) is 11.5 Å². The number of carboxylic acid groups (broad SMARTS) is 1. The van der Waals surface area contributed by atoms with Crippen molar-refractivity contribution in [2.45, 2.75) is 6.92 Å². The zero-order valence-electron chi connectivity index (χ0n) is 13.5. The molecule has 0 saturated carbocycles. The van der Waals surface area contributed by atoms with E-state index in [0.717, 1.165) is 5.56 Å². The third-order valence-electron chi connectivity index (χ3n) is 3.39. The molecule has 0 aliphatic heterocycles. The van der Waals surface area contributed by atoms with E-state index in [9.17, 15) is 4.79 Å². The molecule has 0 atom stereocenters. The van der Waals surface area contributed by atoms with Gasteiger partial charge in [0.25, 0.3) is 0 Å². The minimum Gasteiger partial charge on any atom is -0.497 e. The average molecular weight is 346 g/mol. The van der Waals surface area contributed by atoms with Crippen LogP contribution < -0.4 is 20.1 Å². The highest BCUT2D eigenvalue weighted by atomic mass is 32.1. The Morgan fingerprint density at radius 2 is 1.75 bits per heavy atom. The summed E-state index contributed by atoms with van der Waals surface area (Å²) in [7, 11) is 3.13. The maximum atomic E-state index is 11.1. The van der Waals surface area contributed by atoms with E-state index >= 15 is 0 Å². The topological polar surface area (TPSA) is 79.8 Å². The van der Waals surface area contributed by atoms with Crippen molar-refractivity contribution in [3.8, 4) is 11.5 Å². The molecule has 0 amide bonds. The molecule has 0 radical (unpaired) electrons. The molecule has 126 valence electrons. The van der Waals surface area contributed by atoms with Crippen LogP contribution >= 0.6 is 12.2 Å². The van der Waals surface area contributed by atoms with Crippen molar-refractivity contribution in [3.05, 3.63) is 47.5 Å². The number of carbonyl (C=O) groups is 1. The number of ether oxygens (including phenoxy) is 2. The Morgan fingerprint density at radius 3 is 2.38 bits per heavy atom. The van der Waals surface area contributed by atoms with Crippen molar-refractivity contribution in [2.75, 3.05) is 24.9 Å². The summed E-state index contributed by atoms with van der Waals surface area (Å²) in [6, 6.07) is 10.1. The van der Waals surface area contributed by atoms with Crippen LogP contribution in [0.4, 0.5) is 11.4 Å². The number of rotatable bonds is 5. The molecule has 0 aliphatic rings. The number of hydrogen-bond donors (Lipinski definition) is 3. The van der Waals surface area contributed by atoms with Crippen LogP contribution in [-0.2, 0) is 0 Å². The Balaban J connectivity index is 2.20. The summed E-state index contributed by atoms with van der Waals surface area (Å²) in [5.74, 6) is 0.271. The lowest BCUT2D eigenvalue weighted by molar-refractivity contribution is 0.0697. The summed E-state index contributed by atoms with van der Waals surface area (Å²) >= 11 is 5.31. The van der Waals surface area contributed by atoms with E-state index in [1.807, 2.05) is 6.92 Å². The molecule has 0 bridgehead atoms. The lowest BCUT2D eigenvalue weighted by Crippen LogP contribution is -2.20. The van der Waals surface area contributed by atoms with Crippen LogP contribution in [0, 0.1) is 6.92 Å². The first-order chi connectivity index (χ1) is 11.4. The fraction of sp³-hybridized carbons (Fsp3) is 0.176. The molecular weight excluding hydrogens is 328 g/mol. The first-order valence-electron chi connectivity index (χ1n) is 7.08. The average Bonchev–Trinajstić information content (AvgIpc) is 2.56. The molecular formula is C17H18N2O4S. The van der Waals surface area contributed by atoms with Gasteiger partial charge in [-0.15, -0.1) is 0 Å². The minimum absolute atomic E-state index is 0.185. The number of aromatic carboxylic acids is 1. The van der Waals surface area contributed by atoms with E-state index in [1.165, 1.54) is 6.07 Å². The van der Waals surface area contributed by atoms with Crippen LogP contribution in [0.5, 0.6) is 11.5 Å². The third kappa shape index (κ3) is 4.14. The fourth-order valence-corrected chi connectivity index (χ4v) is 2.30. The molecule has 2 rings (SSSR count). The molecule has 0 fully saturated rings. The standard InChI is InChI=1S/C17H18N2O4S/c1-10-4-5-11(16(20)21)8-13(10)18-17(24)19-14-9-12(22-2)6-7-15(14)23-3/h4-9H,1-3H3,(H,20,21)(H2,18,19,24). The van der Waals surface area contributed by atoms with Gasteiger partial charge in [0.15, 0.2) is 5.11 Å². The van der Waals surface area contributed by atoms with Gasteiger partial charge in [-0.25, -0.2) is 4.79 Å². The highest BCUT2D eigenvalue weighted by molar-refractivity contribution is 7.80.